The van der Waals surface area contributed by atoms with Crippen LogP contribution >= 0.6 is 23.2 Å². The third-order valence-corrected chi connectivity index (χ3v) is 8.30. The van der Waals surface area contributed by atoms with Gasteiger partial charge in [0.15, 0.2) is 0 Å². The number of hydrogen-bond donors (Lipinski definition) is 4. The second kappa shape index (κ2) is 13.3. The Morgan fingerprint density at radius 3 is 2.53 bits per heavy atom. The average Bonchev–Trinajstić information content (AvgIpc) is 3.47. The molecule has 3 atom stereocenters. The molecule has 0 bridgehead atoms. The van der Waals surface area contributed by atoms with Crippen LogP contribution in [0.1, 0.15) is 40.5 Å². The Labute approximate surface area is 261 Å². The number of fused-ring (bicyclic) bond motifs is 1. The third kappa shape index (κ3) is 7.11. The molecule has 2 heterocycles. The molecule has 1 saturated heterocycles. The molecule has 3 amide bonds. The Morgan fingerprint density at radius 2 is 1.86 bits per heavy atom. The lowest BCUT2D eigenvalue weighted by Gasteiger charge is -2.36. The van der Waals surface area contributed by atoms with E-state index < -0.39 is 23.5 Å². The Kier molecular flexibility index (Phi) is 9.99. The van der Waals surface area contributed by atoms with Gasteiger partial charge in [0.25, 0.3) is 0 Å². The molecule has 0 saturated carbocycles. The standard InChI is InChI=1S/C30H37Cl2N7O4/c1-16(33-5)27(40)38-25(30(2,3)4)29(42)39-12-8-11-22(39)28(41)37-21-13-17-20(14-23(21)43-6)34-15-35-26(17)36-19-10-7-9-18(31)24(19)32/h7,9-10,13-16,22,25,33H,8,11-12H2,1-6H3,(H,37,41)(H,38,40)(H,34,35,36). The normalized spacial score (nSPS) is 16.5. The zero-order valence-corrected chi connectivity index (χ0v) is 26.6. The summed E-state index contributed by atoms with van der Waals surface area (Å²) >= 11 is 12.6. The van der Waals surface area contributed by atoms with E-state index in [1.165, 1.54) is 13.4 Å². The van der Waals surface area contributed by atoms with Crippen LogP contribution in [0.2, 0.25) is 10.0 Å². The summed E-state index contributed by atoms with van der Waals surface area (Å²) in [5.74, 6) is -0.115. The molecule has 4 N–H and O–H groups in total. The number of carbonyl (C=O) groups excluding carboxylic acids is 3. The molecule has 43 heavy (non-hydrogen) atoms. The lowest BCUT2D eigenvalue weighted by Crippen LogP contribution is -2.59. The van der Waals surface area contributed by atoms with Gasteiger partial charge in [-0.1, -0.05) is 50.0 Å². The van der Waals surface area contributed by atoms with E-state index in [-0.39, 0.29) is 17.7 Å². The van der Waals surface area contributed by atoms with Gasteiger partial charge < -0.3 is 30.9 Å². The van der Waals surface area contributed by atoms with E-state index in [1.54, 1.807) is 49.2 Å². The van der Waals surface area contributed by atoms with Gasteiger partial charge in [-0.3, -0.25) is 14.4 Å². The van der Waals surface area contributed by atoms with Gasteiger partial charge in [-0.15, -0.1) is 0 Å². The number of likely N-dealkylation sites (tertiary alicyclic amines) is 1. The predicted molar refractivity (Wildman–Crippen MR) is 169 cm³/mol. The molecule has 11 nitrogen and oxygen atoms in total. The monoisotopic (exact) mass is 629 g/mol. The summed E-state index contributed by atoms with van der Waals surface area (Å²) in [5.41, 5.74) is 0.932. The molecule has 3 unspecified atom stereocenters. The predicted octanol–water partition coefficient (Wildman–Crippen LogP) is 4.76. The van der Waals surface area contributed by atoms with Crippen molar-refractivity contribution >= 4 is 69.0 Å². The third-order valence-electron chi connectivity index (χ3n) is 7.48. The number of rotatable bonds is 9. The molecule has 0 aliphatic carbocycles. The minimum Gasteiger partial charge on any atom is -0.494 e. The molecule has 1 aliphatic rings. The summed E-state index contributed by atoms with van der Waals surface area (Å²) in [4.78, 5) is 50.5. The summed E-state index contributed by atoms with van der Waals surface area (Å²) in [6, 6.07) is 6.61. The molecule has 0 radical (unpaired) electrons. The molecule has 1 aromatic heterocycles. The molecule has 2 aromatic carbocycles. The van der Waals surface area contributed by atoms with Crippen molar-refractivity contribution in [2.75, 3.05) is 31.3 Å². The highest BCUT2D eigenvalue weighted by Gasteiger charge is 2.42. The van der Waals surface area contributed by atoms with Crippen LogP contribution in [-0.2, 0) is 14.4 Å². The molecule has 13 heteroatoms. The van der Waals surface area contributed by atoms with Crippen molar-refractivity contribution in [3.05, 3.63) is 46.7 Å². The van der Waals surface area contributed by atoms with Gasteiger partial charge in [0.1, 0.15) is 30.0 Å². The van der Waals surface area contributed by atoms with E-state index in [0.717, 1.165) is 0 Å². The minimum atomic E-state index is -0.816. The Morgan fingerprint density at radius 1 is 1.12 bits per heavy atom. The summed E-state index contributed by atoms with van der Waals surface area (Å²) < 4.78 is 5.58. The Balaban J connectivity index is 1.61. The molecule has 0 spiro atoms. The van der Waals surface area contributed by atoms with Crippen LogP contribution in [0.4, 0.5) is 17.2 Å². The van der Waals surface area contributed by atoms with E-state index in [1.807, 2.05) is 20.8 Å². The second-order valence-corrected chi connectivity index (χ2v) is 12.3. The van der Waals surface area contributed by atoms with E-state index in [2.05, 4.69) is 31.2 Å². The van der Waals surface area contributed by atoms with Crippen LogP contribution in [0.15, 0.2) is 36.7 Å². The first-order valence-corrected chi connectivity index (χ1v) is 14.7. The fourth-order valence-electron chi connectivity index (χ4n) is 4.91. The van der Waals surface area contributed by atoms with Gasteiger partial charge in [0.05, 0.1) is 40.1 Å². The number of nitrogens with one attached hydrogen (secondary N) is 4. The van der Waals surface area contributed by atoms with Gasteiger partial charge >= 0.3 is 0 Å². The average molecular weight is 631 g/mol. The van der Waals surface area contributed by atoms with E-state index in [0.29, 0.717) is 63.3 Å². The number of aromatic nitrogens is 2. The van der Waals surface area contributed by atoms with Crippen molar-refractivity contribution in [2.45, 2.75) is 58.7 Å². The zero-order chi connectivity index (χ0) is 31.5. The number of carbonyl (C=O) groups is 3. The highest BCUT2D eigenvalue weighted by molar-refractivity contribution is 6.43. The van der Waals surface area contributed by atoms with Gasteiger partial charge in [-0.05, 0) is 50.4 Å². The first kappa shape index (κ1) is 32.2. The molecule has 3 aromatic rings. The summed E-state index contributed by atoms with van der Waals surface area (Å²) in [6.07, 6.45) is 2.54. The van der Waals surface area contributed by atoms with Crippen LogP contribution in [0.25, 0.3) is 10.9 Å². The van der Waals surface area contributed by atoms with Crippen LogP contribution in [-0.4, -0.2) is 71.4 Å². The largest absolute Gasteiger partial charge is 0.494 e. The van der Waals surface area contributed by atoms with Crippen molar-refractivity contribution in [1.82, 2.24) is 25.5 Å². The quantitative estimate of drug-likeness (QED) is 0.266. The minimum absolute atomic E-state index is 0.289. The molecular weight excluding hydrogens is 593 g/mol. The number of amides is 3. The Bertz CT molecular complexity index is 1530. The molecule has 1 aliphatic heterocycles. The first-order chi connectivity index (χ1) is 20.3. The summed E-state index contributed by atoms with van der Waals surface area (Å²) in [7, 11) is 3.18. The number of halogens is 2. The second-order valence-electron chi connectivity index (χ2n) is 11.5. The van der Waals surface area contributed by atoms with Crippen LogP contribution in [0, 0.1) is 5.41 Å². The number of benzene rings is 2. The lowest BCUT2D eigenvalue weighted by molar-refractivity contribution is -0.143. The summed E-state index contributed by atoms with van der Waals surface area (Å²) in [6.45, 7) is 7.77. The highest BCUT2D eigenvalue weighted by atomic mass is 35.5. The van der Waals surface area contributed by atoms with Crippen LogP contribution in [0.5, 0.6) is 5.75 Å². The lowest BCUT2D eigenvalue weighted by atomic mass is 9.85. The number of anilines is 3. The number of ether oxygens (including phenoxy) is 1. The number of nitrogens with zero attached hydrogens (tertiary/aromatic N) is 3. The maximum Gasteiger partial charge on any atom is 0.247 e. The van der Waals surface area contributed by atoms with Gasteiger partial charge in [0, 0.05) is 18.0 Å². The van der Waals surface area contributed by atoms with Gasteiger partial charge in [-0.2, -0.15) is 0 Å². The van der Waals surface area contributed by atoms with E-state index in [4.69, 9.17) is 27.9 Å². The van der Waals surface area contributed by atoms with Crippen LogP contribution < -0.4 is 26.0 Å². The van der Waals surface area contributed by atoms with E-state index in [9.17, 15) is 14.4 Å². The fraction of sp³-hybridized carbons (Fsp3) is 0.433. The summed E-state index contributed by atoms with van der Waals surface area (Å²) in [5, 5.41) is 13.2. The molecule has 1 fully saturated rings. The van der Waals surface area contributed by atoms with Crippen molar-refractivity contribution in [1.29, 1.82) is 0 Å². The smallest absolute Gasteiger partial charge is 0.247 e. The SMILES string of the molecule is CNC(C)C(=O)NC(C(=O)N1CCCC1C(=O)Nc1cc2c(Nc3cccc(Cl)c3Cl)ncnc2cc1OC)C(C)(C)C. The van der Waals surface area contributed by atoms with Crippen molar-refractivity contribution in [3.8, 4) is 5.75 Å². The zero-order valence-electron chi connectivity index (χ0n) is 25.0. The van der Waals surface area contributed by atoms with Crippen molar-refractivity contribution in [2.24, 2.45) is 5.41 Å². The van der Waals surface area contributed by atoms with Crippen molar-refractivity contribution in [3.63, 3.8) is 0 Å². The number of methoxy groups -OCH3 is 1. The van der Waals surface area contributed by atoms with Gasteiger partial charge in [-0.25, -0.2) is 9.97 Å². The van der Waals surface area contributed by atoms with Crippen LogP contribution in [0.3, 0.4) is 0 Å². The fourth-order valence-corrected chi connectivity index (χ4v) is 5.26. The first-order valence-electron chi connectivity index (χ1n) is 14.0. The maximum atomic E-state index is 13.8. The number of hydrogen-bond acceptors (Lipinski definition) is 8. The van der Waals surface area contributed by atoms with E-state index >= 15 is 0 Å². The van der Waals surface area contributed by atoms with Gasteiger partial charge in [0.2, 0.25) is 17.7 Å². The molecule has 230 valence electrons. The highest BCUT2D eigenvalue weighted by Crippen LogP contribution is 2.36. The van der Waals surface area contributed by atoms with Crippen molar-refractivity contribution < 1.29 is 19.1 Å². The molecule has 4 rings (SSSR count). The number of likely N-dealkylation sites (N-methyl/N-ethyl adjacent to an activating group) is 1. The topological polar surface area (TPSA) is 138 Å². The maximum absolute atomic E-state index is 13.8. The Hall–Kier alpha value is -3.67. The molecular formula is C30H37Cl2N7O4.